The molecule has 0 aliphatic carbocycles. The summed E-state index contributed by atoms with van der Waals surface area (Å²) in [6.07, 6.45) is 4.33. The number of aryl methyl sites for hydroxylation is 1. The van der Waals surface area contributed by atoms with Crippen molar-refractivity contribution in [3.05, 3.63) is 18.2 Å². The van der Waals surface area contributed by atoms with Crippen molar-refractivity contribution in [2.45, 2.75) is 45.1 Å². The summed E-state index contributed by atoms with van der Waals surface area (Å²) in [5.41, 5.74) is -0.242. The van der Waals surface area contributed by atoms with Gasteiger partial charge in [0.05, 0.1) is 65.5 Å². The number of ether oxygens (including phenoxy) is 5. The third kappa shape index (κ3) is 7.14. The molecule has 8 nitrogen and oxygen atoms in total. The van der Waals surface area contributed by atoms with Crippen molar-refractivity contribution < 1.29 is 28.8 Å². The summed E-state index contributed by atoms with van der Waals surface area (Å²) >= 11 is 0. The van der Waals surface area contributed by atoms with Crippen LogP contribution in [0.4, 0.5) is 0 Å². The fourth-order valence-corrected chi connectivity index (χ4v) is 2.86. The summed E-state index contributed by atoms with van der Waals surface area (Å²) in [4.78, 5) is 4.17. The van der Waals surface area contributed by atoms with Gasteiger partial charge in [0.1, 0.15) is 18.0 Å². The fraction of sp³-hybridized carbons (Fsp3) is 0.842. The molecule has 0 spiro atoms. The first-order valence-corrected chi connectivity index (χ1v) is 9.72. The van der Waals surface area contributed by atoms with Crippen LogP contribution in [0.2, 0.25) is 0 Å². The second-order valence-corrected chi connectivity index (χ2v) is 7.59. The van der Waals surface area contributed by atoms with E-state index < -0.39 is 6.10 Å². The molecule has 1 N–H and O–H groups in total. The Kier molecular flexibility index (Phi) is 7.63. The van der Waals surface area contributed by atoms with Gasteiger partial charge >= 0.3 is 0 Å². The summed E-state index contributed by atoms with van der Waals surface area (Å²) in [7, 11) is 0. The van der Waals surface area contributed by atoms with E-state index in [-0.39, 0.29) is 24.2 Å². The van der Waals surface area contributed by atoms with Crippen LogP contribution in [0.25, 0.3) is 0 Å². The first-order chi connectivity index (χ1) is 13.1. The minimum Gasteiger partial charge on any atom is -0.389 e. The minimum atomic E-state index is -0.589. The summed E-state index contributed by atoms with van der Waals surface area (Å²) in [5, 5.41) is 10.3. The van der Waals surface area contributed by atoms with Gasteiger partial charge in [0, 0.05) is 17.8 Å². The van der Waals surface area contributed by atoms with E-state index in [1.165, 1.54) is 0 Å². The minimum absolute atomic E-state index is 0.237. The number of hydrogen-bond acceptors (Lipinski definition) is 7. The van der Waals surface area contributed by atoms with Gasteiger partial charge in [-0.05, 0) is 13.3 Å². The molecule has 0 aromatic carbocycles. The number of aliphatic hydroxyl groups excluding tert-OH is 1. The maximum atomic E-state index is 10.3. The molecule has 0 amide bonds. The monoisotopic (exact) mass is 384 g/mol. The summed E-state index contributed by atoms with van der Waals surface area (Å²) < 4.78 is 29.9. The Morgan fingerprint density at radius 2 is 1.78 bits per heavy atom. The van der Waals surface area contributed by atoms with Crippen molar-refractivity contribution in [1.29, 1.82) is 0 Å². The van der Waals surface area contributed by atoms with Crippen LogP contribution < -0.4 is 0 Å². The van der Waals surface area contributed by atoms with Gasteiger partial charge in [-0.25, -0.2) is 4.98 Å². The predicted molar refractivity (Wildman–Crippen MR) is 97.6 cm³/mol. The van der Waals surface area contributed by atoms with Crippen molar-refractivity contribution in [3.63, 3.8) is 0 Å². The van der Waals surface area contributed by atoms with Gasteiger partial charge < -0.3 is 33.4 Å². The molecule has 3 heterocycles. The lowest BCUT2D eigenvalue weighted by Gasteiger charge is -2.32. The van der Waals surface area contributed by atoms with E-state index in [0.29, 0.717) is 39.6 Å². The molecule has 0 bridgehead atoms. The highest BCUT2D eigenvalue weighted by atomic mass is 16.6. The smallest absolute Gasteiger partial charge is 0.105 e. The van der Waals surface area contributed by atoms with E-state index in [2.05, 4.69) is 11.9 Å². The third-order valence-corrected chi connectivity index (χ3v) is 5.03. The molecule has 2 aliphatic rings. The molecule has 154 valence electrons. The maximum absolute atomic E-state index is 10.3. The molecule has 1 aromatic rings. The normalized spacial score (nSPS) is 24.6. The molecule has 1 aromatic heterocycles. The zero-order valence-electron chi connectivity index (χ0n) is 16.3. The quantitative estimate of drug-likeness (QED) is 0.447. The molecular weight excluding hydrogens is 352 g/mol. The van der Waals surface area contributed by atoms with Gasteiger partial charge in [0.25, 0.3) is 0 Å². The molecule has 2 saturated heterocycles. The number of epoxide rings is 2. The molecule has 3 unspecified atom stereocenters. The highest BCUT2D eigenvalue weighted by Gasteiger charge is 2.33. The maximum Gasteiger partial charge on any atom is 0.105 e. The van der Waals surface area contributed by atoms with E-state index in [0.717, 1.165) is 25.5 Å². The van der Waals surface area contributed by atoms with E-state index in [1.807, 2.05) is 17.7 Å². The van der Waals surface area contributed by atoms with E-state index in [1.54, 1.807) is 6.20 Å². The molecule has 0 radical (unpaired) electrons. The van der Waals surface area contributed by atoms with Crippen LogP contribution in [0.1, 0.15) is 19.2 Å². The second-order valence-electron chi connectivity index (χ2n) is 7.59. The zero-order chi connectivity index (χ0) is 19.1. The van der Waals surface area contributed by atoms with Crippen LogP contribution in [0.15, 0.2) is 12.4 Å². The van der Waals surface area contributed by atoms with E-state index in [9.17, 15) is 5.11 Å². The molecule has 3 atom stereocenters. The van der Waals surface area contributed by atoms with Gasteiger partial charge in [0.15, 0.2) is 0 Å². The number of imidazole rings is 1. The molecule has 8 heteroatoms. The molecule has 0 saturated carbocycles. The van der Waals surface area contributed by atoms with E-state index >= 15 is 0 Å². The Bertz CT molecular complexity index is 540. The van der Waals surface area contributed by atoms with Crippen LogP contribution in [0.3, 0.4) is 0 Å². The van der Waals surface area contributed by atoms with Gasteiger partial charge in [0.2, 0.25) is 0 Å². The number of rotatable bonds is 15. The van der Waals surface area contributed by atoms with Gasteiger partial charge in [-0.2, -0.15) is 0 Å². The van der Waals surface area contributed by atoms with Crippen molar-refractivity contribution in [3.8, 4) is 0 Å². The number of nitrogens with zero attached hydrogens (tertiary/aromatic N) is 2. The summed E-state index contributed by atoms with van der Waals surface area (Å²) in [5.74, 6) is 0.878. The van der Waals surface area contributed by atoms with Crippen molar-refractivity contribution in [2.75, 3.05) is 52.9 Å². The molecule has 2 aliphatic heterocycles. The average molecular weight is 384 g/mol. The van der Waals surface area contributed by atoms with Gasteiger partial charge in [-0.3, -0.25) is 0 Å². The molecular formula is C19H32N2O6. The van der Waals surface area contributed by atoms with Crippen LogP contribution in [0, 0.1) is 12.3 Å². The lowest BCUT2D eigenvalue weighted by atomic mass is 9.88. The van der Waals surface area contributed by atoms with Crippen molar-refractivity contribution in [2.24, 2.45) is 5.41 Å². The number of hydrogen-bond donors (Lipinski definition) is 1. The molecule has 2 fully saturated rings. The summed E-state index contributed by atoms with van der Waals surface area (Å²) in [6, 6.07) is 0. The topological polar surface area (TPSA) is 90.8 Å². The van der Waals surface area contributed by atoms with Gasteiger partial charge in [-0.15, -0.1) is 0 Å². The van der Waals surface area contributed by atoms with E-state index in [4.69, 9.17) is 23.7 Å². The second kappa shape index (κ2) is 9.95. The Morgan fingerprint density at radius 1 is 1.19 bits per heavy atom. The lowest BCUT2D eigenvalue weighted by molar-refractivity contribution is -0.0868. The van der Waals surface area contributed by atoms with Crippen molar-refractivity contribution in [1.82, 2.24) is 9.55 Å². The number of aliphatic hydroxyl groups is 1. The van der Waals surface area contributed by atoms with Crippen LogP contribution >= 0.6 is 0 Å². The molecule has 3 rings (SSSR count). The average Bonchev–Trinajstić information content (AvgIpc) is 3.57. The summed E-state index contributed by atoms with van der Waals surface area (Å²) in [6.45, 7) is 9.10. The van der Waals surface area contributed by atoms with Crippen molar-refractivity contribution >= 4 is 0 Å². The Labute approximate surface area is 160 Å². The Hall–Kier alpha value is -1.03. The van der Waals surface area contributed by atoms with Gasteiger partial charge in [-0.1, -0.05) is 6.92 Å². The zero-order valence-corrected chi connectivity index (χ0v) is 16.3. The highest BCUT2D eigenvalue weighted by Crippen LogP contribution is 2.26. The standard InChI is InChI=1S/C19H32N2O6/c1-3-19(13-24-8-17-10-26-17,14-25-9-18-11-27-18)12-23-7-16(22)6-21-5-4-20-15(21)2/h4-5,16-18,22H,3,6-14H2,1-2H3. The Balaban J connectivity index is 1.43. The van der Waals surface area contributed by atoms with Crippen LogP contribution in [-0.2, 0) is 30.2 Å². The molecule has 27 heavy (non-hydrogen) atoms. The highest BCUT2D eigenvalue weighted by molar-refractivity contribution is 4.89. The Morgan fingerprint density at radius 3 is 2.26 bits per heavy atom. The predicted octanol–water partition coefficient (Wildman–Crippen LogP) is 0.796. The SMILES string of the molecule is CCC(COCC(O)Cn1ccnc1C)(COCC1CO1)COCC1CO1. The third-order valence-electron chi connectivity index (χ3n) is 5.03. The lowest BCUT2D eigenvalue weighted by Crippen LogP contribution is -2.38. The largest absolute Gasteiger partial charge is 0.389 e. The van der Waals surface area contributed by atoms with Crippen LogP contribution in [-0.4, -0.2) is 85.8 Å². The fourth-order valence-electron chi connectivity index (χ4n) is 2.86. The first kappa shape index (κ1) is 20.7. The van der Waals surface area contributed by atoms with Crippen LogP contribution in [0.5, 0.6) is 0 Å². The first-order valence-electron chi connectivity index (χ1n) is 9.72. The number of aromatic nitrogens is 2.